The van der Waals surface area contributed by atoms with Crippen LogP contribution in [0.15, 0.2) is 91.1 Å². The molecule has 1 heterocycles. The summed E-state index contributed by atoms with van der Waals surface area (Å²) in [6.45, 7) is 3.94. The van der Waals surface area contributed by atoms with Crippen LogP contribution in [-0.4, -0.2) is 34.8 Å². The number of rotatable bonds is 12. The molecule has 0 radical (unpaired) electrons. The Kier molecular flexibility index (Phi) is 10.9. The van der Waals surface area contributed by atoms with Gasteiger partial charge in [0.15, 0.2) is 0 Å². The van der Waals surface area contributed by atoms with Gasteiger partial charge in [-0.05, 0) is 78.8 Å². The summed E-state index contributed by atoms with van der Waals surface area (Å²) in [6.07, 6.45) is 5.95. The molecule has 0 saturated carbocycles. The summed E-state index contributed by atoms with van der Waals surface area (Å²) in [4.78, 5) is 44.4. The number of pyridine rings is 1. The Balaban J connectivity index is 1.51. The summed E-state index contributed by atoms with van der Waals surface area (Å²) in [5.74, 6) is -1.10. The molecular formula is C34H36ClN5O3. The number of nitrogens with two attached hydrogens (primary N) is 1. The van der Waals surface area contributed by atoms with E-state index in [9.17, 15) is 14.4 Å². The minimum atomic E-state index is -0.861. The number of nitrogen functional groups attached to an aromatic ring is 1. The molecule has 0 saturated heterocycles. The minimum absolute atomic E-state index is 0.115. The quantitative estimate of drug-likeness (QED) is 0.122. The zero-order valence-electron chi connectivity index (χ0n) is 24.2. The first-order valence-corrected chi connectivity index (χ1v) is 14.6. The topological polar surface area (TPSA) is 126 Å². The number of hydrogen-bond acceptors (Lipinski definition) is 5. The number of amides is 3. The molecule has 8 nitrogen and oxygen atoms in total. The van der Waals surface area contributed by atoms with Gasteiger partial charge in [0.1, 0.15) is 12.1 Å². The van der Waals surface area contributed by atoms with Crippen LogP contribution in [0, 0.1) is 5.92 Å². The fourth-order valence-electron chi connectivity index (χ4n) is 4.65. The van der Waals surface area contributed by atoms with Crippen molar-refractivity contribution in [1.82, 2.24) is 15.6 Å². The predicted molar refractivity (Wildman–Crippen MR) is 173 cm³/mol. The van der Waals surface area contributed by atoms with Crippen molar-refractivity contribution in [2.75, 3.05) is 11.1 Å². The second-order valence-corrected chi connectivity index (χ2v) is 11.2. The van der Waals surface area contributed by atoms with E-state index in [4.69, 9.17) is 17.3 Å². The Morgan fingerprint density at radius 1 is 0.907 bits per heavy atom. The van der Waals surface area contributed by atoms with E-state index in [0.29, 0.717) is 41.2 Å². The van der Waals surface area contributed by atoms with Crippen molar-refractivity contribution >= 4 is 57.7 Å². The molecule has 0 fully saturated rings. The number of halogens is 1. The molecule has 0 aliphatic heterocycles. The average molecular weight is 598 g/mol. The smallest absolute Gasteiger partial charge is 0.246 e. The van der Waals surface area contributed by atoms with Crippen molar-refractivity contribution in [2.45, 2.75) is 45.2 Å². The van der Waals surface area contributed by atoms with Gasteiger partial charge in [-0.1, -0.05) is 67.9 Å². The molecule has 4 aromatic rings. The summed E-state index contributed by atoms with van der Waals surface area (Å²) in [7, 11) is 0. The highest BCUT2D eigenvalue weighted by molar-refractivity contribution is 6.31. The molecule has 0 bridgehead atoms. The highest BCUT2D eigenvalue weighted by Crippen LogP contribution is 2.25. The van der Waals surface area contributed by atoms with Gasteiger partial charge in [0.2, 0.25) is 17.7 Å². The molecular weight excluding hydrogens is 562 g/mol. The Morgan fingerprint density at radius 3 is 2.37 bits per heavy atom. The Hall–Kier alpha value is -4.69. The number of aromatic nitrogens is 1. The minimum Gasteiger partial charge on any atom is -0.399 e. The molecule has 0 aliphatic rings. The van der Waals surface area contributed by atoms with Gasteiger partial charge in [-0.15, -0.1) is 0 Å². The van der Waals surface area contributed by atoms with Crippen LogP contribution in [0.5, 0.6) is 0 Å². The highest BCUT2D eigenvalue weighted by atomic mass is 35.5. The zero-order valence-corrected chi connectivity index (χ0v) is 25.0. The van der Waals surface area contributed by atoms with E-state index in [1.54, 1.807) is 60.8 Å². The van der Waals surface area contributed by atoms with Crippen LogP contribution in [-0.2, 0) is 20.8 Å². The van der Waals surface area contributed by atoms with E-state index in [2.05, 4.69) is 20.9 Å². The Labute approximate surface area is 256 Å². The van der Waals surface area contributed by atoms with Crippen molar-refractivity contribution in [3.8, 4) is 0 Å². The molecule has 0 aliphatic carbocycles. The summed E-state index contributed by atoms with van der Waals surface area (Å²) in [5.41, 5.74) is 9.40. The molecule has 4 rings (SSSR count). The van der Waals surface area contributed by atoms with E-state index in [1.165, 1.54) is 6.08 Å². The lowest BCUT2D eigenvalue weighted by Gasteiger charge is -2.24. The highest BCUT2D eigenvalue weighted by Gasteiger charge is 2.27. The number of carbonyl (C=O) groups excluding carboxylic acids is 3. The van der Waals surface area contributed by atoms with Crippen molar-refractivity contribution in [1.29, 1.82) is 0 Å². The van der Waals surface area contributed by atoms with Crippen molar-refractivity contribution in [2.24, 2.45) is 5.92 Å². The first-order chi connectivity index (χ1) is 20.7. The Morgan fingerprint density at radius 2 is 1.65 bits per heavy atom. The number of carbonyl (C=O) groups is 3. The molecule has 0 unspecified atom stereocenters. The number of aryl methyl sites for hydroxylation is 1. The lowest BCUT2D eigenvalue weighted by atomic mass is 10.0. The Bertz CT molecular complexity index is 1590. The second kappa shape index (κ2) is 15.0. The fourth-order valence-corrected chi connectivity index (χ4v) is 4.82. The maximum Gasteiger partial charge on any atom is 0.246 e. The number of nitrogens with zero attached hydrogens (tertiary/aromatic N) is 1. The number of anilines is 2. The van der Waals surface area contributed by atoms with Crippen LogP contribution >= 0.6 is 11.6 Å². The van der Waals surface area contributed by atoms with Gasteiger partial charge in [-0.25, -0.2) is 0 Å². The maximum atomic E-state index is 13.7. The van der Waals surface area contributed by atoms with Crippen LogP contribution in [0.25, 0.3) is 17.0 Å². The first-order valence-electron chi connectivity index (χ1n) is 14.2. The third kappa shape index (κ3) is 9.41. The third-order valence-corrected chi connectivity index (χ3v) is 7.10. The normalized spacial score (nSPS) is 12.7. The largest absolute Gasteiger partial charge is 0.399 e. The van der Waals surface area contributed by atoms with E-state index in [0.717, 1.165) is 16.5 Å². The monoisotopic (exact) mass is 597 g/mol. The molecule has 222 valence electrons. The lowest BCUT2D eigenvalue weighted by molar-refractivity contribution is -0.130. The molecule has 0 spiro atoms. The van der Waals surface area contributed by atoms with Crippen LogP contribution < -0.4 is 21.7 Å². The van der Waals surface area contributed by atoms with Gasteiger partial charge in [0.25, 0.3) is 0 Å². The molecule has 2 atom stereocenters. The van der Waals surface area contributed by atoms with Crippen molar-refractivity contribution in [3.63, 3.8) is 0 Å². The number of fused-ring (bicyclic) bond motifs is 1. The van der Waals surface area contributed by atoms with Gasteiger partial charge in [-0.3, -0.25) is 19.4 Å². The van der Waals surface area contributed by atoms with E-state index < -0.39 is 23.9 Å². The van der Waals surface area contributed by atoms with Crippen LogP contribution in [0.4, 0.5) is 11.4 Å². The first kappa shape index (κ1) is 31.3. The fraction of sp³-hybridized carbons (Fsp3) is 0.235. The second-order valence-electron chi connectivity index (χ2n) is 10.8. The van der Waals surface area contributed by atoms with Crippen LogP contribution in [0.1, 0.15) is 37.8 Å². The van der Waals surface area contributed by atoms with E-state index in [-0.39, 0.29) is 11.8 Å². The predicted octanol–water partition coefficient (Wildman–Crippen LogP) is 5.77. The van der Waals surface area contributed by atoms with Crippen LogP contribution in [0.3, 0.4) is 0 Å². The summed E-state index contributed by atoms with van der Waals surface area (Å²) < 4.78 is 0. The zero-order chi connectivity index (χ0) is 30.8. The summed E-state index contributed by atoms with van der Waals surface area (Å²) in [5, 5.41) is 9.96. The average Bonchev–Trinajstić information content (AvgIpc) is 2.98. The van der Waals surface area contributed by atoms with Gasteiger partial charge in [0.05, 0.1) is 11.2 Å². The lowest BCUT2D eigenvalue weighted by Crippen LogP contribution is -2.53. The number of hydrogen-bond donors (Lipinski definition) is 4. The third-order valence-electron chi connectivity index (χ3n) is 6.86. The van der Waals surface area contributed by atoms with Gasteiger partial charge in [-0.2, -0.15) is 0 Å². The van der Waals surface area contributed by atoms with Crippen LogP contribution in [0.2, 0.25) is 5.02 Å². The van der Waals surface area contributed by atoms with E-state index >= 15 is 0 Å². The van der Waals surface area contributed by atoms with Gasteiger partial charge < -0.3 is 21.7 Å². The van der Waals surface area contributed by atoms with Gasteiger partial charge >= 0.3 is 0 Å². The van der Waals surface area contributed by atoms with E-state index in [1.807, 2.05) is 44.2 Å². The molecule has 43 heavy (non-hydrogen) atoms. The molecule has 9 heteroatoms. The standard InChI is InChI=1S/C34H36ClN5O3/c1-22(2)20-31(38-32(41)17-11-24-8-13-26(36)14-9-24)34(43)40-29(16-10-23-6-4-3-5-7-23)33(42)39-28-18-19-37-30-21-25(35)12-15-27(28)30/h3-9,11-15,17-19,21-22,29,31H,10,16,20,36H2,1-2H3,(H,38,41)(H,40,43)(H,37,39,42)/b17-11+/t29-,31-/m1/s1. The molecule has 3 aromatic carbocycles. The number of nitrogens with one attached hydrogen (secondary N) is 3. The van der Waals surface area contributed by atoms with Crippen molar-refractivity contribution < 1.29 is 14.4 Å². The van der Waals surface area contributed by atoms with Crippen molar-refractivity contribution in [3.05, 3.63) is 107 Å². The molecule has 5 N–H and O–H groups in total. The number of benzene rings is 3. The molecule has 1 aromatic heterocycles. The maximum absolute atomic E-state index is 13.7. The summed E-state index contributed by atoms with van der Waals surface area (Å²) in [6, 6.07) is 22.1. The molecule has 3 amide bonds. The summed E-state index contributed by atoms with van der Waals surface area (Å²) >= 11 is 6.13. The van der Waals surface area contributed by atoms with Gasteiger partial charge in [0, 0.05) is 28.4 Å². The SMILES string of the molecule is CC(C)C[C@@H](NC(=O)/C=C/c1ccc(N)cc1)C(=O)N[C@H](CCc1ccccc1)C(=O)Nc1ccnc2cc(Cl)ccc12.